The Labute approximate surface area is 246 Å². The Balaban J connectivity index is 0.000000493. The highest BCUT2D eigenvalue weighted by molar-refractivity contribution is 5.94. The summed E-state index contributed by atoms with van der Waals surface area (Å²) in [5.41, 5.74) is 4.07. The van der Waals surface area contributed by atoms with E-state index in [1.165, 1.54) is 0 Å². The van der Waals surface area contributed by atoms with E-state index in [0.717, 1.165) is 65.4 Å². The largest absolute Gasteiger partial charge is 0.503 e. The molecule has 3 heterocycles. The minimum atomic E-state index is -5.08. The zero-order chi connectivity index (χ0) is 31.6. The number of carbonyl (C=O) groups excluding carboxylic acids is 1. The second kappa shape index (κ2) is 12.3. The van der Waals surface area contributed by atoms with E-state index < -0.39 is 35.4 Å². The second-order valence-electron chi connectivity index (χ2n) is 10.5. The molecule has 6 rings (SSSR count). The number of carboxylic acid groups (broad SMARTS) is 1. The molecule has 3 aromatic heterocycles. The molecule has 0 saturated heterocycles. The number of hydrogen-bond donors (Lipinski definition) is 3. The molecule has 1 aliphatic carbocycles. The van der Waals surface area contributed by atoms with E-state index in [2.05, 4.69) is 45.6 Å². The molecule has 2 aromatic carbocycles. The molecule has 9 nitrogen and oxygen atoms in total. The molecule has 1 amide bonds. The lowest BCUT2D eigenvalue weighted by atomic mass is 9.86. The minimum Gasteiger partial charge on any atom is -0.503 e. The van der Waals surface area contributed by atoms with Crippen molar-refractivity contribution in [2.24, 2.45) is 5.92 Å². The number of fused-ring (bicyclic) bond motifs is 2. The Morgan fingerprint density at radius 1 is 0.955 bits per heavy atom. The zero-order valence-corrected chi connectivity index (χ0v) is 22.9. The molecule has 0 aliphatic heterocycles. The SMILES string of the molecule is O=C(NCC1CCC(n2cc3ccc(-c4ccn5nccc5c4)cc3n2)CC1)c1cc(F)c(O)c(F)c1.O=C(O)C(F)(F)F. The molecule has 5 aromatic rings. The first-order chi connectivity index (χ1) is 20.9. The number of amides is 1. The van der Waals surface area contributed by atoms with Gasteiger partial charge in [0.05, 0.1) is 17.1 Å². The van der Waals surface area contributed by atoms with Gasteiger partial charge in [-0.1, -0.05) is 12.1 Å². The molecule has 0 bridgehead atoms. The van der Waals surface area contributed by atoms with E-state index in [1.54, 1.807) is 6.20 Å². The Kier molecular flexibility index (Phi) is 8.52. The lowest BCUT2D eigenvalue weighted by molar-refractivity contribution is -0.192. The Hall–Kier alpha value is -5.01. The number of hydrogen-bond acceptors (Lipinski definition) is 5. The van der Waals surface area contributed by atoms with E-state index in [1.807, 2.05) is 22.8 Å². The van der Waals surface area contributed by atoms with Crippen LogP contribution in [0.5, 0.6) is 5.75 Å². The third-order valence-electron chi connectivity index (χ3n) is 7.52. The van der Waals surface area contributed by atoms with Crippen LogP contribution in [0.1, 0.15) is 42.1 Å². The smallest absolute Gasteiger partial charge is 0.490 e. The van der Waals surface area contributed by atoms with Gasteiger partial charge in [-0.15, -0.1) is 0 Å². The number of rotatable bonds is 5. The zero-order valence-electron chi connectivity index (χ0n) is 22.9. The van der Waals surface area contributed by atoms with Crippen LogP contribution in [0.4, 0.5) is 22.0 Å². The van der Waals surface area contributed by atoms with Crippen LogP contribution >= 0.6 is 0 Å². The number of alkyl halides is 3. The quantitative estimate of drug-likeness (QED) is 0.205. The van der Waals surface area contributed by atoms with Crippen LogP contribution in [0, 0.1) is 17.6 Å². The maximum Gasteiger partial charge on any atom is 0.490 e. The third-order valence-corrected chi connectivity index (χ3v) is 7.52. The average molecular weight is 616 g/mol. The van der Waals surface area contributed by atoms with E-state index in [9.17, 15) is 31.9 Å². The molecular weight excluding hydrogens is 589 g/mol. The van der Waals surface area contributed by atoms with Gasteiger partial charge < -0.3 is 15.5 Å². The molecule has 230 valence electrons. The van der Waals surface area contributed by atoms with Gasteiger partial charge in [-0.05, 0) is 79.1 Å². The fourth-order valence-corrected chi connectivity index (χ4v) is 5.15. The van der Waals surface area contributed by atoms with Crippen molar-refractivity contribution in [1.82, 2.24) is 24.7 Å². The lowest BCUT2D eigenvalue weighted by Crippen LogP contribution is -2.31. The van der Waals surface area contributed by atoms with E-state index in [0.29, 0.717) is 6.54 Å². The van der Waals surface area contributed by atoms with Crippen LogP contribution in [0.3, 0.4) is 0 Å². The summed E-state index contributed by atoms with van der Waals surface area (Å²) in [6, 6.07) is 14.4. The third kappa shape index (κ3) is 6.79. The number of pyridine rings is 1. The van der Waals surface area contributed by atoms with Gasteiger partial charge in [0.15, 0.2) is 17.4 Å². The second-order valence-corrected chi connectivity index (χ2v) is 10.5. The maximum absolute atomic E-state index is 13.5. The molecule has 1 fully saturated rings. The normalized spacial score (nSPS) is 16.8. The number of carbonyl (C=O) groups is 2. The van der Waals surface area contributed by atoms with Crippen molar-refractivity contribution in [2.45, 2.75) is 37.9 Å². The first kappa shape index (κ1) is 30.4. The van der Waals surface area contributed by atoms with Crippen LogP contribution in [0.25, 0.3) is 27.5 Å². The molecule has 0 unspecified atom stereocenters. The van der Waals surface area contributed by atoms with Gasteiger partial charge in [0.1, 0.15) is 0 Å². The first-order valence-electron chi connectivity index (χ1n) is 13.6. The van der Waals surface area contributed by atoms with E-state index >= 15 is 0 Å². The van der Waals surface area contributed by atoms with Crippen LogP contribution in [0.15, 0.2) is 67.1 Å². The molecule has 14 heteroatoms. The predicted molar refractivity (Wildman–Crippen MR) is 149 cm³/mol. The lowest BCUT2D eigenvalue weighted by Gasteiger charge is -2.28. The maximum atomic E-state index is 13.5. The van der Waals surface area contributed by atoms with Crippen molar-refractivity contribution < 1.29 is 41.8 Å². The Morgan fingerprint density at radius 3 is 2.27 bits per heavy atom. The van der Waals surface area contributed by atoms with Crippen molar-refractivity contribution >= 4 is 28.3 Å². The summed E-state index contributed by atoms with van der Waals surface area (Å²) in [7, 11) is 0. The summed E-state index contributed by atoms with van der Waals surface area (Å²) in [6.07, 6.45) is 4.44. The number of halogens is 5. The highest BCUT2D eigenvalue weighted by atomic mass is 19.4. The van der Waals surface area contributed by atoms with Gasteiger partial charge in [0.25, 0.3) is 5.91 Å². The van der Waals surface area contributed by atoms with E-state index in [-0.39, 0.29) is 17.5 Å². The summed E-state index contributed by atoms with van der Waals surface area (Å²) in [4.78, 5) is 21.2. The van der Waals surface area contributed by atoms with Gasteiger partial charge >= 0.3 is 12.1 Å². The summed E-state index contributed by atoms with van der Waals surface area (Å²) in [6.45, 7) is 0.432. The Bertz CT molecular complexity index is 1800. The number of aliphatic carboxylic acids is 1. The standard InChI is InChI=1S/C28H25F2N5O2.C2HF3O2/c29-24-12-21(13-25(30)27(24)36)28(37)31-15-17-1-5-22(6-2-17)35-16-20-4-3-18(14-26(20)33-35)19-8-10-34-23(11-19)7-9-32-34;3-2(4,5)1(6)7/h3-4,7-14,16-17,22,36H,1-2,5-6,15H2,(H,31,37);(H,6,7). The highest BCUT2D eigenvalue weighted by Crippen LogP contribution is 2.33. The number of nitrogens with one attached hydrogen (secondary N) is 1. The van der Waals surface area contributed by atoms with Crippen LogP contribution in [-0.4, -0.2) is 54.2 Å². The van der Waals surface area contributed by atoms with Gasteiger partial charge in [0, 0.05) is 36.1 Å². The van der Waals surface area contributed by atoms with Gasteiger partial charge in [-0.3, -0.25) is 9.48 Å². The summed E-state index contributed by atoms with van der Waals surface area (Å²) in [5.74, 6) is -6.41. The van der Waals surface area contributed by atoms with Gasteiger partial charge in [-0.25, -0.2) is 18.1 Å². The molecule has 1 saturated carbocycles. The fourth-order valence-electron chi connectivity index (χ4n) is 5.15. The number of aromatic nitrogens is 4. The molecule has 0 spiro atoms. The van der Waals surface area contributed by atoms with E-state index in [4.69, 9.17) is 15.0 Å². The topological polar surface area (TPSA) is 122 Å². The fraction of sp³-hybridized carbons (Fsp3) is 0.267. The molecule has 0 atom stereocenters. The molecule has 1 aliphatic rings. The number of benzene rings is 2. The molecule has 0 radical (unpaired) electrons. The molecule has 44 heavy (non-hydrogen) atoms. The minimum absolute atomic E-state index is 0.144. The monoisotopic (exact) mass is 615 g/mol. The van der Waals surface area contributed by atoms with Crippen molar-refractivity contribution in [3.05, 3.63) is 84.3 Å². The van der Waals surface area contributed by atoms with Crippen LogP contribution in [-0.2, 0) is 4.79 Å². The predicted octanol–water partition coefficient (Wildman–Crippen LogP) is 6.13. The van der Waals surface area contributed by atoms with Crippen LogP contribution in [0.2, 0.25) is 0 Å². The van der Waals surface area contributed by atoms with Crippen molar-refractivity contribution in [3.63, 3.8) is 0 Å². The average Bonchev–Trinajstić information content (AvgIpc) is 3.65. The summed E-state index contributed by atoms with van der Waals surface area (Å²) < 4.78 is 62.7. The summed E-state index contributed by atoms with van der Waals surface area (Å²) in [5, 5.41) is 29.3. The molecular formula is C30H26F5N5O4. The van der Waals surface area contributed by atoms with Crippen LogP contribution < -0.4 is 5.32 Å². The van der Waals surface area contributed by atoms with Crippen molar-refractivity contribution in [1.29, 1.82) is 0 Å². The van der Waals surface area contributed by atoms with Crippen molar-refractivity contribution in [2.75, 3.05) is 6.54 Å². The Morgan fingerprint density at radius 2 is 1.61 bits per heavy atom. The van der Waals surface area contributed by atoms with Crippen molar-refractivity contribution in [3.8, 4) is 16.9 Å². The number of nitrogens with zero attached hydrogens (tertiary/aromatic N) is 4. The number of aromatic hydroxyl groups is 1. The molecule has 3 N–H and O–H groups in total. The number of phenols is 1. The number of phenolic OH excluding ortho intramolecular Hbond substituents is 1. The highest BCUT2D eigenvalue weighted by Gasteiger charge is 2.38. The van der Waals surface area contributed by atoms with Gasteiger partial charge in [-0.2, -0.15) is 23.4 Å². The number of carboxylic acids is 1. The summed E-state index contributed by atoms with van der Waals surface area (Å²) >= 11 is 0. The van der Waals surface area contributed by atoms with Gasteiger partial charge in [0.2, 0.25) is 0 Å². The first-order valence-corrected chi connectivity index (χ1v) is 13.6.